The maximum absolute atomic E-state index is 6.49. The van der Waals surface area contributed by atoms with Crippen LogP contribution in [0.1, 0.15) is 16.8 Å². The summed E-state index contributed by atoms with van der Waals surface area (Å²) in [5.41, 5.74) is 9.98. The van der Waals surface area contributed by atoms with Crippen LogP contribution in [0.4, 0.5) is 0 Å². The number of hydrogen-bond donors (Lipinski definition) is 1. The molecule has 6 aromatic carbocycles. The van der Waals surface area contributed by atoms with E-state index < -0.39 is 7.12 Å². The van der Waals surface area contributed by atoms with Gasteiger partial charge >= 0.3 is 7.12 Å². The first-order chi connectivity index (χ1) is 23.2. The van der Waals surface area contributed by atoms with Crippen LogP contribution in [0, 0.1) is 0 Å². The molecule has 0 spiro atoms. The van der Waals surface area contributed by atoms with Gasteiger partial charge in [-0.2, -0.15) is 0 Å². The molecular formula is C42H29BN2O2. The fraction of sp³-hybridized carbons (Fsp3) is 0.0238. The first kappa shape index (κ1) is 27.3. The van der Waals surface area contributed by atoms with Crippen LogP contribution in [0.3, 0.4) is 0 Å². The highest BCUT2D eigenvalue weighted by atomic mass is 16.6. The lowest BCUT2D eigenvalue weighted by molar-refractivity contribution is 0.431. The Hall–Kier alpha value is -6.07. The highest BCUT2D eigenvalue weighted by Crippen LogP contribution is 2.42. The smallest absolute Gasteiger partial charge is 0.525 e. The molecule has 5 heteroatoms. The second kappa shape index (κ2) is 11.1. The van der Waals surface area contributed by atoms with Gasteiger partial charge in [-0.05, 0) is 82.0 Å². The molecule has 0 aliphatic carbocycles. The topological polar surface area (TPSA) is 46.6 Å². The zero-order valence-corrected chi connectivity index (χ0v) is 25.8. The van der Waals surface area contributed by atoms with E-state index >= 15 is 0 Å². The van der Waals surface area contributed by atoms with E-state index in [2.05, 4.69) is 120 Å². The fourth-order valence-corrected chi connectivity index (χ4v) is 6.86. The minimum absolute atomic E-state index is 0.550. The minimum atomic E-state index is -0.550. The molecule has 2 aliphatic heterocycles. The van der Waals surface area contributed by atoms with Gasteiger partial charge in [0.2, 0.25) is 0 Å². The summed E-state index contributed by atoms with van der Waals surface area (Å²) in [6.07, 6.45) is 4.39. The molecule has 4 nitrogen and oxygen atoms in total. The van der Waals surface area contributed by atoms with Crippen LogP contribution in [0.25, 0.3) is 55.6 Å². The Morgan fingerprint density at radius 1 is 0.532 bits per heavy atom. The van der Waals surface area contributed by atoms with E-state index in [0.29, 0.717) is 0 Å². The van der Waals surface area contributed by atoms with Crippen LogP contribution in [-0.2, 0) is 0 Å². The van der Waals surface area contributed by atoms with Crippen molar-refractivity contribution in [3.05, 3.63) is 168 Å². The van der Waals surface area contributed by atoms with Gasteiger partial charge in [0.25, 0.3) is 0 Å². The Balaban J connectivity index is 1.35. The second-order valence-electron chi connectivity index (χ2n) is 11.9. The maximum Gasteiger partial charge on any atom is 0.591 e. The summed E-state index contributed by atoms with van der Waals surface area (Å²) in [5.74, 6) is 1.47. The molecule has 3 heterocycles. The molecule has 0 atom stereocenters. The van der Waals surface area contributed by atoms with E-state index in [4.69, 9.17) is 14.3 Å². The summed E-state index contributed by atoms with van der Waals surface area (Å²) in [7, 11) is -0.550. The third kappa shape index (κ3) is 4.76. The summed E-state index contributed by atoms with van der Waals surface area (Å²) in [5, 5.41) is 4.76. The third-order valence-electron chi connectivity index (χ3n) is 9.01. The van der Waals surface area contributed by atoms with Crippen molar-refractivity contribution in [2.45, 2.75) is 6.82 Å². The number of aromatic amines is 1. The monoisotopic (exact) mass is 604 g/mol. The van der Waals surface area contributed by atoms with Crippen molar-refractivity contribution >= 4 is 46.0 Å². The van der Waals surface area contributed by atoms with Crippen molar-refractivity contribution in [1.82, 2.24) is 4.98 Å². The molecular weight excluding hydrogens is 575 g/mol. The van der Waals surface area contributed by atoms with E-state index in [1.165, 1.54) is 21.5 Å². The molecule has 4 bridgehead atoms. The first-order valence-electron chi connectivity index (χ1n) is 15.9. The van der Waals surface area contributed by atoms with Crippen LogP contribution < -0.4 is 9.31 Å². The van der Waals surface area contributed by atoms with Gasteiger partial charge in [0, 0.05) is 28.0 Å². The van der Waals surface area contributed by atoms with E-state index in [1.54, 1.807) is 0 Å². The maximum atomic E-state index is 6.49. The van der Waals surface area contributed by atoms with Crippen LogP contribution in [-0.4, -0.2) is 17.8 Å². The fourth-order valence-electron chi connectivity index (χ4n) is 6.86. The van der Waals surface area contributed by atoms with Gasteiger partial charge < -0.3 is 14.3 Å². The molecule has 0 radical (unpaired) electrons. The molecule has 2 aliphatic rings. The Kier molecular flexibility index (Phi) is 6.42. The van der Waals surface area contributed by atoms with Crippen LogP contribution in [0.5, 0.6) is 11.5 Å². The first-order valence-corrected chi connectivity index (χ1v) is 15.9. The minimum Gasteiger partial charge on any atom is -0.525 e. The molecule has 0 saturated heterocycles. The lowest BCUT2D eigenvalue weighted by Crippen LogP contribution is -2.26. The molecule has 9 rings (SSSR count). The number of H-pyrrole nitrogens is 1. The predicted molar refractivity (Wildman–Crippen MR) is 195 cm³/mol. The summed E-state index contributed by atoms with van der Waals surface area (Å²) >= 11 is 0. The Bertz CT molecular complexity index is 2440. The molecule has 222 valence electrons. The average molecular weight is 605 g/mol. The van der Waals surface area contributed by atoms with E-state index in [-0.39, 0.29) is 0 Å². The predicted octanol–water partition coefficient (Wildman–Crippen LogP) is 10.5. The van der Waals surface area contributed by atoms with Crippen LogP contribution in [0.15, 0.2) is 156 Å². The Morgan fingerprint density at radius 2 is 1.09 bits per heavy atom. The van der Waals surface area contributed by atoms with Gasteiger partial charge in [-0.25, -0.2) is 4.99 Å². The van der Waals surface area contributed by atoms with Crippen molar-refractivity contribution in [2.24, 2.45) is 4.99 Å². The Morgan fingerprint density at radius 3 is 1.83 bits per heavy atom. The average Bonchev–Trinajstić information content (AvgIpc) is 3.72. The van der Waals surface area contributed by atoms with Crippen molar-refractivity contribution in [2.75, 3.05) is 0 Å². The number of rotatable bonds is 2. The number of hydrogen-bond acceptors (Lipinski definition) is 3. The Labute approximate surface area is 273 Å². The van der Waals surface area contributed by atoms with Crippen molar-refractivity contribution in [1.29, 1.82) is 0 Å². The zero-order valence-electron chi connectivity index (χ0n) is 25.8. The van der Waals surface area contributed by atoms with Crippen molar-refractivity contribution < 1.29 is 9.31 Å². The van der Waals surface area contributed by atoms with E-state index in [1.807, 2.05) is 43.2 Å². The quantitative estimate of drug-likeness (QED) is 0.200. The van der Waals surface area contributed by atoms with E-state index in [0.717, 1.165) is 67.7 Å². The number of para-hydroxylation sites is 2. The molecule has 0 saturated carbocycles. The number of allylic oxidation sites excluding steroid dienone is 2. The molecule has 0 fully saturated rings. The lowest BCUT2D eigenvalue weighted by atomic mass is 9.93. The summed E-state index contributed by atoms with van der Waals surface area (Å²) in [6, 6.07) is 48.4. The zero-order chi connectivity index (χ0) is 31.3. The standard InChI is InChI=1S/C42H29BN2O2/c1-43-46-41-22-8-6-18-33(41)37-24-35(31-20-10-14-27-12-2-4-16-29(27)31)39(44-37)26-40-36(32-21-11-15-28-13-3-5-17-30(28)32)25-38(45-40)34-19-7-9-23-42(34)47-43/h2-26,44H,1H3/b40-26-. The van der Waals surface area contributed by atoms with Crippen molar-refractivity contribution in [3.8, 4) is 33.9 Å². The largest absolute Gasteiger partial charge is 0.591 e. The second-order valence-corrected chi connectivity index (χ2v) is 11.9. The molecule has 1 aromatic heterocycles. The van der Waals surface area contributed by atoms with Gasteiger partial charge in [0.05, 0.1) is 17.1 Å². The highest BCUT2D eigenvalue weighted by Gasteiger charge is 2.26. The summed E-state index contributed by atoms with van der Waals surface area (Å²) in [6.45, 7) is 1.93. The molecule has 47 heavy (non-hydrogen) atoms. The number of fused-ring (bicyclic) bond motifs is 9. The van der Waals surface area contributed by atoms with Gasteiger partial charge in [-0.15, -0.1) is 0 Å². The molecule has 7 aromatic rings. The van der Waals surface area contributed by atoms with Gasteiger partial charge in [0.15, 0.2) is 0 Å². The number of nitrogens with zero attached hydrogens (tertiary/aromatic N) is 1. The molecule has 1 N–H and O–H groups in total. The normalized spacial score (nSPS) is 15.0. The summed E-state index contributed by atoms with van der Waals surface area (Å²) in [4.78, 5) is 9.11. The molecule has 0 amide bonds. The van der Waals surface area contributed by atoms with Gasteiger partial charge in [0.1, 0.15) is 11.5 Å². The number of aromatic nitrogens is 1. The number of aliphatic imine (C=N–C) groups is 1. The van der Waals surface area contributed by atoms with Gasteiger partial charge in [-0.1, -0.05) is 109 Å². The number of nitrogens with one attached hydrogen (secondary N) is 1. The van der Waals surface area contributed by atoms with E-state index in [9.17, 15) is 0 Å². The highest BCUT2D eigenvalue weighted by molar-refractivity contribution is 6.44. The van der Waals surface area contributed by atoms with Crippen LogP contribution >= 0.6 is 0 Å². The lowest BCUT2D eigenvalue weighted by Gasteiger charge is -2.17. The van der Waals surface area contributed by atoms with Crippen LogP contribution in [0.2, 0.25) is 6.82 Å². The van der Waals surface area contributed by atoms with Gasteiger partial charge in [-0.3, -0.25) is 0 Å². The number of benzene rings is 6. The summed E-state index contributed by atoms with van der Waals surface area (Å²) < 4.78 is 13.0. The van der Waals surface area contributed by atoms with Crippen molar-refractivity contribution in [3.63, 3.8) is 0 Å². The SMILES string of the molecule is CB1Oc2ccccc2C2=N/C(=C\c3[nH]c(cc3-c3cccc4ccccc34)-c3ccccc3O1)C(c1cccc3ccccc13)=C2. The third-order valence-corrected chi connectivity index (χ3v) is 9.01. The molecule has 0 unspecified atom stereocenters.